The first-order chi connectivity index (χ1) is 9.88. The number of benzene rings is 1. The highest BCUT2D eigenvalue weighted by molar-refractivity contribution is 6.59. The molecule has 2 N–H and O–H groups in total. The van der Waals surface area contributed by atoms with E-state index in [2.05, 4.69) is 20.4 Å². The number of carbonyl (C=O) groups is 1. The van der Waals surface area contributed by atoms with Crippen molar-refractivity contribution in [2.75, 3.05) is 12.0 Å². The second kappa shape index (κ2) is 7.27. The van der Waals surface area contributed by atoms with Crippen molar-refractivity contribution < 1.29 is 27.9 Å². The van der Waals surface area contributed by atoms with Crippen molar-refractivity contribution in [2.45, 2.75) is 13.1 Å². The van der Waals surface area contributed by atoms with Crippen LogP contribution in [-0.2, 0) is 15.7 Å². The maximum absolute atomic E-state index is 12.4. The monoisotopic (exact) mass is 303 g/mol. The van der Waals surface area contributed by atoms with Gasteiger partial charge in [-0.05, 0) is 31.2 Å². The van der Waals surface area contributed by atoms with Gasteiger partial charge in [-0.1, -0.05) is 5.16 Å². The highest BCUT2D eigenvalue weighted by Gasteiger charge is 2.29. The fourth-order valence-electron chi connectivity index (χ4n) is 1.25. The molecule has 0 radical (unpaired) electrons. The Morgan fingerprint density at radius 2 is 2.00 bits per heavy atom. The van der Waals surface area contributed by atoms with Crippen molar-refractivity contribution in [1.82, 2.24) is 0 Å². The molecule has 0 amide bonds. The minimum Gasteiger partial charge on any atom is -0.461 e. The van der Waals surface area contributed by atoms with Crippen LogP contribution in [0, 0.1) is 0 Å². The number of oxime groups is 1. The number of ether oxygens (including phenoxy) is 1. The third kappa shape index (κ3) is 5.13. The van der Waals surface area contributed by atoms with Gasteiger partial charge in [-0.25, -0.2) is 4.79 Å². The lowest BCUT2D eigenvalue weighted by Crippen LogP contribution is -2.20. The summed E-state index contributed by atoms with van der Waals surface area (Å²) in [5.41, 5.74) is 1.44. The summed E-state index contributed by atoms with van der Waals surface area (Å²) in [7, 11) is 0. The molecule has 0 aliphatic heterocycles. The van der Waals surface area contributed by atoms with Crippen molar-refractivity contribution in [3.8, 4) is 0 Å². The predicted octanol–water partition coefficient (Wildman–Crippen LogP) is 2.50. The van der Waals surface area contributed by atoms with Gasteiger partial charge in [-0.3, -0.25) is 5.43 Å². The van der Waals surface area contributed by atoms with Gasteiger partial charge in [0.2, 0.25) is 0 Å². The molecule has 0 saturated heterocycles. The molecule has 0 atom stereocenters. The Labute approximate surface area is 117 Å². The molecule has 114 valence electrons. The molecule has 1 rings (SSSR count). The van der Waals surface area contributed by atoms with Gasteiger partial charge in [0.25, 0.3) is 0 Å². The summed E-state index contributed by atoms with van der Waals surface area (Å²) in [6.07, 6.45) is -3.68. The fraction of sp³-hybridized carbons (Fsp3) is 0.250. The number of rotatable bonds is 5. The molecule has 0 heterocycles. The molecule has 6 nitrogen and oxygen atoms in total. The van der Waals surface area contributed by atoms with Crippen LogP contribution < -0.4 is 5.43 Å². The molecule has 9 heteroatoms. The topological polar surface area (TPSA) is 83.3 Å². The lowest BCUT2D eigenvalue weighted by Gasteiger charge is -2.07. The minimum absolute atomic E-state index is 0.0946. The molecule has 0 spiro atoms. The third-order valence-corrected chi connectivity index (χ3v) is 2.18. The maximum Gasteiger partial charge on any atom is 0.416 e. The van der Waals surface area contributed by atoms with Crippen LogP contribution in [0.25, 0.3) is 0 Å². The zero-order chi connectivity index (χ0) is 15.9. The summed E-state index contributed by atoms with van der Waals surface area (Å²) in [6.45, 7) is 1.67. The SMILES string of the molecule is CCOC(=O)C(/C=N/O)=N/Nc1ccc(C(F)(F)F)cc1. The number of halogens is 3. The molecule has 21 heavy (non-hydrogen) atoms. The zero-order valence-corrected chi connectivity index (χ0v) is 10.9. The van der Waals surface area contributed by atoms with Crippen molar-refractivity contribution >= 4 is 23.6 Å². The summed E-state index contributed by atoms with van der Waals surface area (Å²) in [5.74, 6) is -0.838. The summed E-state index contributed by atoms with van der Waals surface area (Å²) < 4.78 is 41.8. The largest absolute Gasteiger partial charge is 0.461 e. The molecule has 1 aromatic rings. The number of nitrogens with one attached hydrogen (secondary N) is 1. The van der Waals surface area contributed by atoms with E-state index >= 15 is 0 Å². The summed E-state index contributed by atoms with van der Waals surface area (Å²) in [4.78, 5) is 11.4. The van der Waals surface area contributed by atoms with E-state index in [1.54, 1.807) is 6.92 Å². The number of hydrogen-bond acceptors (Lipinski definition) is 6. The van der Waals surface area contributed by atoms with Gasteiger partial charge >= 0.3 is 12.1 Å². The van der Waals surface area contributed by atoms with E-state index in [0.717, 1.165) is 30.5 Å². The van der Waals surface area contributed by atoms with Gasteiger partial charge in [0, 0.05) is 0 Å². The van der Waals surface area contributed by atoms with Crippen LogP contribution in [0.2, 0.25) is 0 Å². The summed E-state index contributed by atoms with van der Waals surface area (Å²) in [5, 5.41) is 14.7. The molecule has 0 fully saturated rings. The molecule has 0 aromatic heterocycles. The standard InChI is InChI=1S/C12H12F3N3O3/c1-2-21-11(19)10(7-16-20)18-17-9-5-3-8(4-6-9)12(13,14)15/h3-7,17,20H,2H2,1H3/b16-7+,18-10+. The number of nitrogens with zero attached hydrogens (tertiary/aromatic N) is 2. The van der Waals surface area contributed by atoms with Crippen LogP contribution >= 0.6 is 0 Å². The maximum atomic E-state index is 12.4. The molecule has 0 saturated carbocycles. The van der Waals surface area contributed by atoms with E-state index in [9.17, 15) is 18.0 Å². The van der Waals surface area contributed by atoms with Crippen molar-refractivity contribution in [2.24, 2.45) is 10.3 Å². The molecule has 0 aliphatic rings. The first kappa shape index (κ1) is 16.5. The fourth-order valence-corrected chi connectivity index (χ4v) is 1.25. The van der Waals surface area contributed by atoms with Crippen molar-refractivity contribution in [3.63, 3.8) is 0 Å². The number of carbonyl (C=O) groups excluding carboxylic acids is 1. The molecule has 0 bridgehead atoms. The van der Waals surface area contributed by atoms with E-state index in [-0.39, 0.29) is 18.0 Å². The van der Waals surface area contributed by atoms with E-state index in [0.29, 0.717) is 0 Å². The summed E-state index contributed by atoms with van der Waals surface area (Å²) in [6, 6.07) is 4.01. The van der Waals surface area contributed by atoms with Gasteiger partial charge in [0.1, 0.15) is 6.21 Å². The molecule has 1 aromatic carbocycles. The predicted molar refractivity (Wildman–Crippen MR) is 69.4 cm³/mol. The van der Waals surface area contributed by atoms with Crippen LogP contribution in [-0.4, -0.2) is 29.7 Å². The quantitative estimate of drug-likeness (QED) is 0.379. The Balaban J connectivity index is 2.83. The smallest absolute Gasteiger partial charge is 0.416 e. The number of anilines is 1. The second-order valence-corrected chi connectivity index (χ2v) is 3.65. The van der Waals surface area contributed by atoms with Crippen LogP contribution in [0.5, 0.6) is 0 Å². The number of esters is 1. The number of hydrazone groups is 1. The van der Waals surface area contributed by atoms with E-state index in [1.165, 1.54) is 0 Å². The first-order valence-corrected chi connectivity index (χ1v) is 5.74. The lowest BCUT2D eigenvalue weighted by atomic mass is 10.2. The molecule has 0 aliphatic carbocycles. The zero-order valence-electron chi connectivity index (χ0n) is 10.9. The van der Waals surface area contributed by atoms with E-state index in [4.69, 9.17) is 5.21 Å². The second-order valence-electron chi connectivity index (χ2n) is 3.65. The van der Waals surface area contributed by atoms with Crippen molar-refractivity contribution in [3.05, 3.63) is 29.8 Å². The van der Waals surface area contributed by atoms with Crippen LogP contribution in [0.1, 0.15) is 12.5 Å². The van der Waals surface area contributed by atoms with Gasteiger partial charge in [0.05, 0.1) is 17.9 Å². The average molecular weight is 303 g/mol. The minimum atomic E-state index is -4.43. The highest BCUT2D eigenvalue weighted by Crippen LogP contribution is 2.29. The molecular formula is C12H12F3N3O3. The number of alkyl halides is 3. The van der Waals surface area contributed by atoms with Crippen LogP contribution in [0.15, 0.2) is 34.5 Å². The van der Waals surface area contributed by atoms with Gasteiger partial charge in [0.15, 0.2) is 5.71 Å². The van der Waals surface area contributed by atoms with E-state index < -0.39 is 17.7 Å². The Bertz CT molecular complexity index is 539. The summed E-state index contributed by atoms with van der Waals surface area (Å²) >= 11 is 0. The van der Waals surface area contributed by atoms with Gasteiger partial charge in [-0.15, -0.1) is 0 Å². The molecule has 0 unspecified atom stereocenters. The van der Waals surface area contributed by atoms with Crippen LogP contribution in [0.4, 0.5) is 18.9 Å². The lowest BCUT2D eigenvalue weighted by molar-refractivity contribution is -0.137. The number of hydrogen-bond donors (Lipinski definition) is 2. The third-order valence-electron chi connectivity index (χ3n) is 2.18. The average Bonchev–Trinajstić information content (AvgIpc) is 2.43. The highest BCUT2D eigenvalue weighted by atomic mass is 19.4. The van der Waals surface area contributed by atoms with Crippen molar-refractivity contribution in [1.29, 1.82) is 0 Å². The first-order valence-electron chi connectivity index (χ1n) is 5.74. The van der Waals surface area contributed by atoms with Crippen LogP contribution in [0.3, 0.4) is 0 Å². The van der Waals surface area contributed by atoms with Gasteiger partial charge in [-0.2, -0.15) is 18.3 Å². The Morgan fingerprint density at radius 3 is 2.48 bits per heavy atom. The van der Waals surface area contributed by atoms with E-state index in [1.807, 2.05) is 0 Å². The normalized spacial score (nSPS) is 12.5. The van der Waals surface area contributed by atoms with Gasteiger partial charge < -0.3 is 9.94 Å². The Kier molecular flexibility index (Phi) is 5.70. The molecular weight excluding hydrogens is 291 g/mol. The Hall–Kier alpha value is -2.58. The Morgan fingerprint density at radius 1 is 1.38 bits per heavy atom.